The third-order valence-corrected chi connectivity index (χ3v) is 20.8. The van der Waals surface area contributed by atoms with Gasteiger partial charge in [0.05, 0.1) is 47.7 Å². The molecule has 108 heavy (non-hydrogen) atoms. The number of imide groups is 2. The Morgan fingerprint density at radius 2 is 0.620 bits per heavy atom. The Kier molecular flexibility index (Phi) is 19.0. The molecule has 18 nitrogen and oxygen atoms in total. The Hall–Kier alpha value is -11.0. The molecule has 11 aromatic rings. The van der Waals surface area contributed by atoms with Gasteiger partial charge in [-0.25, -0.2) is 0 Å². The highest BCUT2D eigenvalue weighted by atomic mass is 16.6. The zero-order valence-corrected chi connectivity index (χ0v) is 63.2. The van der Waals surface area contributed by atoms with Crippen LogP contribution >= 0.6 is 0 Å². The third kappa shape index (κ3) is 14.4. The highest BCUT2D eigenvalue weighted by Crippen LogP contribution is 2.58. The van der Waals surface area contributed by atoms with Crippen molar-refractivity contribution in [2.24, 2.45) is 0 Å². The van der Waals surface area contributed by atoms with E-state index in [1.54, 1.807) is 34.1 Å². The van der Waals surface area contributed by atoms with E-state index in [-0.39, 0.29) is 103 Å². The van der Waals surface area contributed by atoms with Crippen molar-refractivity contribution >= 4 is 89.9 Å². The minimum atomic E-state index is -0.766. The number of nitrogens with zero attached hydrogens (tertiary/aromatic N) is 4. The van der Waals surface area contributed by atoms with Crippen molar-refractivity contribution < 1.29 is 57.2 Å². The van der Waals surface area contributed by atoms with E-state index in [0.29, 0.717) is 106 Å². The second-order valence-corrected chi connectivity index (χ2v) is 32.7. The smallest absolute Gasteiger partial charge is 0.262 e. The van der Waals surface area contributed by atoms with Crippen LogP contribution in [0.25, 0.3) is 43.1 Å². The largest absolute Gasteiger partial charge is 0.457 e. The Bertz CT molecular complexity index is 4760. The molecule has 0 aliphatic carbocycles. The molecule has 11 aromatic carbocycles. The van der Waals surface area contributed by atoms with E-state index in [1.165, 1.54) is 0 Å². The van der Waals surface area contributed by atoms with Gasteiger partial charge in [-0.15, -0.1) is 0 Å². The van der Waals surface area contributed by atoms with Gasteiger partial charge in [0.2, 0.25) is 11.8 Å². The van der Waals surface area contributed by atoms with Gasteiger partial charge in [-0.2, -0.15) is 0 Å². The van der Waals surface area contributed by atoms with Crippen LogP contribution in [0.3, 0.4) is 0 Å². The first-order valence-electron chi connectivity index (χ1n) is 37.1. The fourth-order valence-electron chi connectivity index (χ4n) is 14.5. The first-order chi connectivity index (χ1) is 51.5. The Labute approximate surface area is 629 Å². The van der Waals surface area contributed by atoms with E-state index in [4.69, 9.17) is 28.4 Å². The summed E-state index contributed by atoms with van der Waals surface area (Å²) in [5.74, 6) is -2.10. The van der Waals surface area contributed by atoms with Crippen LogP contribution in [0.5, 0.6) is 46.0 Å². The summed E-state index contributed by atoms with van der Waals surface area (Å²) < 4.78 is 40.3. The monoisotopic (exact) mass is 1450 g/mol. The van der Waals surface area contributed by atoms with Crippen LogP contribution in [-0.4, -0.2) is 123 Å². The van der Waals surface area contributed by atoms with Gasteiger partial charge in [0, 0.05) is 93.7 Å². The van der Waals surface area contributed by atoms with Crippen LogP contribution in [0.4, 0.5) is 11.4 Å². The molecule has 18 heteroatoms. The number of nitrogens with one attached hydrogen (secondary N) is 2. The molecular weight excluding hydrogens is 1360 g/mol. The number of para-hydroxylation sites is 2. The molecule has 4 heterocycles. The van der Waals surface area contributed by atoms with E-state index < -0.39 is 48.5 Å². The predicted molar refractivity (Wildman–Crippen MR) is 422 cm³/mol. The summed E-state index contributed by atoms with van der Waals surface area (Å²) in [6, 6.07) is 55.5. The zero-order valence-electron chi connectivity index (χ0n) is 63.2. The molecule has 0 radical (unpaired) electrons. The number of benzene rings is 11. The molecule has 2 unspecified atom stereocenters. The van der Waals surface area contributed by atoms with Gasteiger partial charge in [-0.05, 0) is 141 Å². The number of hydrogen-bond donors (Lipinski definition) is 2. The maximum Gasteiger partial charge on any atom is 0.262 e. The molecule has 552 valence electrons. The minimum absolute atomic E-state index is 0.0367. The molecule has 2 atom stereocenters. The van der Waals surface area contributed by atoms with Gasteiger partial charge in [0.25, 0.3) is 23.6 Å². The van der Waals surface area contributed by atoms with E-state index in [2.05, 4.69) is 93.7 Å². The van der Waals surface area contributed by atoms with Gasteiger partial charge in [-0.1, -0.05) is 168 Å². The Morgan fingerprint density at radius 1 is 0.370 bits per heavy atom. The van der Waals surface area contributed by atoms with Gasteiger partial charge < -0.3 is 48.9 Å². The average molecular weight is 1450 g/mol. The van der Waals surface area contributed by atoms with Crippen molar-refractivity contribution in [1.82, 2.24) is 20.4 Å². The molecule has 15 rings (SSSR count). The summed E-state index contributed by atoms with van der Waals surface area (Å²) in [4.78, 5) is 101. The molecule has 4 aliphatic rings. The molecule has 6 amide bonds. The molecule has 4 aliphatic heterocycles. The number of ether oxygens (including phenoxy) is 6. The molecule has 0 saturated carbocycles. The summed E-state index contributed by atoms with van der Waals surface area (Å²) in [6.07, 6.45) is 0.186. The first-order valence-corrected chi connectivity index (χ1v) is 37.1. The molecule has 2 fully saturated rings. The number of amides is 6. The van der Waals surface area contributed by atoms with Gasteiger partial charge >= 0.3 is 0 Å². The molecule has 0 aromatic heterocycles. The lowest BCUT2D eigenvalue weighted by Crippen LogP contribution is -2.49. The normalized spacial score (nSPS) is 15.7. The van der Waals surface area contributed by atoms with E-state index in [1.807, 2.05) is 158 Å². The topological polar surface area (TPSA) is 201 Å². The second-order valence-electron chi connectivity index (χ2n) is 32.7. The van der Waals surface area contributed by atoms with Gasteiger partial charge in [-0.3, -0.25) is 38.6 Å². The number of hydrogen-bond acceptors (Lipinski definition) is 14. The molecule has 2 saturated heterocycles. The zero-order chi connectivity index (χ0) is 75.9. The standard InChI is InChI=1S/C90H90N6O12/c1-87(2,3)53-23-31-59(32-24-53)105-69-43-65-75-66(84(100)95(83(65)99)49-73(97)93(57-19-15-13-16-20-57)41-39-91-47-63-51-103-63)45-71(107-61-35-27-55(28-36-61)89(7,8)9)79-80-72(108-62-37-29-56(30-38-62)90(10,11)12)46-68-76-67(44-70(78(82(76)80)77(69)81(75)79)106-60-33-25-54(26-34-60)88(4,5)6)85(101)96(86(68)102)50-74(98)94(58-21-17-14-18-22-58)42-40-92-48-64-52-104-64/h13-38,43-46,63-64,91-92H,39-42,47-52H2,1-12H3. The summed E-state index contributed by atoms with van der Waals surface area (Å²) in [7, 11) is 0. The van der Waals surface area contributed by atoms with Crippen LogP contribution in [0.2, 0.25) is 0 Å². The number of carbonyl (C=O) groups is 6. The quantitative estimate of drug-likeness (QED) is 0.0190. The van der Waals surface area contributed by atoms with Crippen molar-refractivity contribution in [2.75, 3.05) is 75.4 Å². The fourth-order valence-corrected chi connectivity index (χ4v) is 14.5. The van der Waals surface area contributed by atoms with Gasteiger partial charge in [0.15, 0.2) is 0 Å². The van der Waals surface area contributed by atoms with Gasteiger partial charge in [0.1, 0.15) is 59.1 Å². The summed E-state index contributed by atoms with van der Waals surface area (Å²) in [5.41, 5.74) is 4.39. The van der Waals surface area contributed by atoms with E-state index in [9.17, 15) is 0 Å². The van der Waals surface area contributed by atoms with Crippen LogP contribution in [0.1, 0.15) is 147 Å². The minimum Gasteiger partial charge on any atom is -0.457 e. The summed E-state index contributed by atoms with van der Waals surface area (Å²) >= 11 is 0. The van der Waals surface area contributed by atoms with Crippen molar-refractivity contribution in [1.29, 1.82) is 0 Å². The predicted octanol–water partition coefficient (Wildman–Crippen LogP) is 17.3. The van der Waals surface area contributed by atoms with Crippen molar-refractivity contribution in [2.45, 2.75) is 117 Å². The van der Waals surface area contributed by atoms with Crippen molar-refractivity contribution in [3.63, 3.8) is 0 Å². The summed E-state index contributed by atoms with van der Waals surface area (Å²) in [5, 5.41) is 9.11. The maximum absolute atomic E-state index is 16.3. The maximum atomic E-state index is 16.3. The van der Waals surface area contributed by atoms with Crippen LogP contribution in [0, 0.1) is 0 Å². The molecular formula is C90H90N6O12. The average Bonchev–Trinajstić information content (AvgIpc) is 1.23. The molecule has 0 spiro atoms. The van der Waals surface area contributed by atoms with Crippen LogP contribution in [0.15, 0.2) is 182 Å². The number of fused-ring (bicyclic) bond motifs is 2. The van der Waals surface area contributed by atoms with E-state index in [0.717, 1.165) is 32.1 Å². The number of epoxide rings is 2. The second kappa shape index (κ2) is 28.3. The van der Waals surface area contributed by atoms with E-state index >= 15 is 28.8 Å². The lowest BCUT2D eigenvalue weighted by atomic mass is 9.80. The number of carbonyl (C=O) groups excluding carboxylic acids is 6. The fraction of sp³-hybridized carbons (Fsp3) is 0.311. The molecule has 0 bridgehead atoms. The van der Waals surface area contributed by atoms with Crippen LogP contribution < -0.4 is 39.4 Å². The highest BCUT2D eigenvalue weighted by molar-refractivity contribution is 6.45. The lowest BCUT2D eigenvalue weighted by Gasteiger charge is -2.33. The van der Waals surface area contributed by atoms with Crippen molar-refractivity contribution in [3.8, 4) is 46.0 Å². The summed E-state index contributed by atoms with van der Waals surface area (Å²) in [6.45, 7) is 27.8. The highest BCUT2D eigenvalue weighted by Gasteiger charge is 2.44. The Morgan fingerprint density at radius 3 is 0.852 bits per heavy atom. The van der Waals surface area contributed by atoms with Crippen LogP contribution in [-0.2, 0) is 40.7 Å². The number of anilines is 2. The third-order valence-electron chi connectivity index (χ3n) is 20.8. The number of rotatable bonds is 24. The SMILES string of the molecule is CC(C)(C)c1ccc(Oc2cc3c4c(cc(Oc5ccc(C(C)(C)C)cc5)c5c6c(Oc7ccc(C(C)(C)C)cc7)cc7c8c(cc(Oc9ccc(C(C)(C)C)cc9)c(c2c45)c86)C(=O)N(CC(=O)N(CCNCC2CO2)c2ccccc2)C7=O)C(=O)N(CC(=O)N(CCNCC2CO2)c2ccccc2)C3=O)cc1. The van der Waals surface area contributed by atoms with Crippen molar-refractivity contribution in [3.05, 3.63) is 226 Å². The first kappa shape index (κ1) is 72.5. The Balaban J connectivity index is 1.02. The molecule has 2 N–H and O–H groups in total. The lowest BCUT2D eigenvalue weighted by molar-refractivity contribution is -0.119.